The number of carbonyl (C=O) groups is 1. The molecule has 0 spiro atoms. The lowest BCUT2D eigenvalue weighted by Gasteiger charge is -2.37. The zero-order chi connectivity index (χ0) is 21.0. The Hall–Kier alpha value is -3.07. The van der Waals surface area contributed by atoms with Crippen molar-refractivity contribution in [3.8, 4) is 5.75 Å². The number of hydrogen-bond donors (Lipinski definition) is 1. The van der Waals surface area contributed by atoms with Crippen LogP contribution < -0.4 is 25.9 Å². The van der Waals surface area contributed by atoms with Gasteiger partial charge in [-0.25, -0.2) is 4.79 Å². The number of ether oxygens (including phenoxy) is 2. The van der Waals surface area contributed by atoms with Gasteiger partial charge >= 0.3 is 5.69 Å². The summed E-state index contributed by atoms with van der Waals surface area (Å²) in [5.41, 5.74) is 1.14. The summed E-state index contributed by atoms with van der Waals surface area (Å²) in [6.07, 6.45) is -0.445. The van der Waals surface area contributed by atoms with Gasteiger partial charge in [0.1, 0.15) is 17.6 Å². The molecule has 9 nitrogen and oxygen atoms in total. The van der Waals surface area contributed by atoms with Crippen LogP contribution in [0, 0.1) is 5.92 Å². The van der Waals surface area contributed by atoms with Crippen molar-refractivity contribution in [3.05, 3.63) is 56.4 Å². The molecule has 1 aromatic heterocycles. The van der Waals surface area contributed by atoms with Gasteiger partial charge in [-0.15, -0.1) is 0 Å². The lowest BCUT2D eigenvalue weighted by Crippen LogP contribution is -2.59. The molecular formula is C21H24N4O5. The van der Waals surface area contributed by atoms with Crippen molar-refractivity contribution >= 4 is 11.5 Å². The summed E-state index contributed by atoms with van der Waals surface area (Å²) in [7, 11) is 1.64. The second kappa shape index (κ2) is 7.02. The van der Waals surface area contributed by atoms with Crippen LogP contribution in [0.15, 0.2) is 33.9 Å². The smallest absolute Gasteiger partial charge is 0.347 e. The molecule has 0 radical (unpaired) electrons. The minimum atomic E-state index is -0.514. The number of H-pyrrole nitrogens is 1. The van der Waals surface area contributed by atoms with Gasteiger partial charge in [-0.3, -0.25) is 9.59 Å². The van der Waals surface area contributed by atoms with Gasteiger partial charge in [-0.05, 0) is 25.5 Å². The SMILES string of the molecule is COc1ccccc1N1CCN(n2c(=O)[nH]c3c(c2=O)[C@H]2C[C@@H](C(C)=O)[C@@H]3O2)CC1. The molecule has 1 aromatic carbocycles. The van der Waals surface area contributed by atoms with E-state index in [2.05, 4.69) is 9.88 Å². The first-order valence-corrected chi connectivity index (χ1v) is 10.2. The average Bonchev–Trinajstić information content (AvgIpc) is 3.33. The van der Waals surface area contributed by atoms with Crippen LogP contribution in [0.3, 0.4) is 0 Å². The van der Waals surface area contributed by atoms with Gasteiger partial charge in [-0.2, -0.15) is 4.68 Å². The van der Waals surface area contributed by atoms with Gasteiger partial charge in [0.15, 0.2) is 0 Å². The largest absolute Gasteiger partial charge is 0.495 e. The number of nitrogens with one attached hydrogen (secondary N) is 1. The zero-order valence-corrected chi connectivity index (χ0v) is 17.0. The Balaban J connectivity index is 1.41. The van der Waals surface area contributed by atoms with E-state index in [9.17, 15) is 14.4 Å². The van der Waals surface area contributed by atoms with Crippen molar-refractivity contribution in [1.82, 2.24) is 9.66 Å². The van der Waals surface area contributed by atoms with E-state index in [1.807, 2.05) is 24.3 Å². The lowest BCUT2D eigenvalue weighted by atomic mass is 9.85. The third-order valence-electron chi connectivity index (χ3n) is 6.38. The molecule has 0 unspecified atom stereocenters. The highest BCUT2D eigenvalue weighted by Crippen LogP contribution is 2.51. The number of piperazine rings is 1. The molecule has 30 heavy (non-hydrogen) atoms. The third-order valence-corrected chi connectivity index (χ3v) is 6.38. The summed E-state index contributed by atoms with van der Waals surface area (Å²) >= 11 is 0. The number of ketones is 1. The number of aromatic nitrogens is 2. The van der Waals surface area contributed by atoms with Crippen LogP contribution in [0.2, 0.25) is 0 Å². The van der Waals surface area contributed by atoms with Gasteiger partial charge in [-0.1, -0.05) is 12.1 Å². The van der Waals surface area contributed by atoms with E-state index in [1.54, 1.807) is 12.1 Å². The summed E-state index contributed by atoms with van der Waals surface area (Å²) < 4.78 is 12.5. The summed E-state index contributed by atoms with van der Waals surface area (Å²) in [6.45, 7) is 3.86. The minimum Gasteiger partial charge on any atom is -0.495 e. The van der Waals surface area contributed by atoms with Gasteiger partial charge in [0.2, 0.25) is 0 Å². The summed E-state index contributed by atoms with van der Waals surface area (Å²) in [5, 5.41) is 1.78. The Morgan fingerprint density at radius 2 is 1.90 bits per heavy atom. The molecule has 2 fully saturated rings. The highest BCUT2D eigenvalue weighted by Gasteiger charge is 2.50. The van der Waals surface area contributed by atoms with Crippen molar-refractivity contribution in [1.29, 1.82) is 0 Å². The molecule has 3 aliphatic heterocycles. The minimum absolute atomic E-state index is 0.0191. The van der Waals surface area contributed by atoms with Crippen LogP contribution in [-0.2, 0) is 9.53 Å². The summed E-state index contributed by atoms with van der Waals surface area (Å²) in [5.74, 6) is 0.523. The molecule has 9 heteroatoms. The molecule has 5 rings (SSSR count). The number of Topliss-reactive ketones (excluding diaryl/α,β-unsaturated/α-hetero) is 1. The summed E-state index contributed by atoms with van der Waals surface area (Å²) in [4.78, 5) is 42.9. The van der Waals surface area contributed by atoms with Crippen molar-refractivity contribution < 1.29 is 14.3 Å². The van der Waals surface area contributed by atoms with Crippen LogP contribution in [0.1, 0.15) is 36.8 Å². The number of anilines is 1. The second-order valence-corrected chi connectivity index (χ2v) is 7.99. The Morgan fingerprint density at radius 3 is 2.60 bits per heavy atom. The molecule has 4 heterocycles. The molecule has 0 saturated carbocycles. The molecule has 2 saturated heterocycles. The topological polar surface area (TPSA) is 96.9 Å². The van der Waals surface area contributed by atoms with Crippen molar-refractivity contribution in [2.45, 2.75) is 25.6 Å². The normalized spacial score (nSPS) is 24.8. The predicted octanol–water partition coefficient (Wildman–Crippen LogP) is 0.725. The molecule has 3 atom stereocenters. The number of nitrogens with zero attached hydrogens (tertiary/aromatic N) is 3. The molecule has 0 amide bonds. The van der Waals surface area contributed by atoms with Crippen molar-refractivity contribution in [3.63, 3.8) is 0 Å². The van der Waals surface area contributed by atoms with Crippen LogP contribution in [-0.4, -0.2) is 48.7 Å². The number of benzene rings is 1. The predicted molar refractivity (Wildman–Crippen MR) is 110 cm³/mol. The number of carbonyl (C=O) groups excluding carboxylic acids is 1. The van der Waals surface area contributed by atoms with E-state index in [0.717, 1.165) is 11.4 Å². The zero-order valence-electron chi connectivity index (χ0n) is 17.0. The maximum atomic E-state index is 13.2. The van der Waals surface area contributed by atoms with Crippen LogP contribution >= 0.6 is 0 Å². The number of hydrogen-bond acceptors (Lipinski definition) is 7. The molecule has 3 aliphatic rings. The number of methoxy groups -OCH3 is 1. The maximum Gasteiger partial charge on any atom is 0.347 e. The molecule has 0 aliphatic carbocycles. The number of fused-ring (bicyclic) bond motifs is 5. The lowest BCUT2D eigenvalue weighted by molar-refractivity contribution is -0.122. The third kappa shape index (κ3) is 2.76. The molecule has 1 N–H and O–H groups in total. The molecule has 2 aromatic rings. The van der Waals surface area contributed by atoms with Gasteiger partial charge < -0.3 is 24.4 Å². The monoisotopic (exact) mass is 412 g/mol. The number of rotatable bonds is 4. The average molecular weight is 412 g/mol. The Labute approximate surface area is 172 Å². The molecular weight excluding hydrogens is 388 g/mol. The standard InChI is InChI=1S/C21H24N4O5/c1-12(26)13-11-16-17-18(19(13)30-16)22-21(28)25(20(17)27)24-9-7-23(8-10-24)14-5-3-4-6-15(14)29-2/h3-6,13,16,19H,7-11H2,1-2H3,(H,22,28)/t13-,16+,19-/m0/s1. The highest BCUT2D eigenvalue weighted by molar-refractivity contribution is 5.80. The van der Waals surface area contributed by atoms with Crippen LogP contribution in [0.4, 0.5) is 5.69 Å². The van der Waals surface area contributed by atoms with Crippen LogP contribution in [0.5, 0.6) is 5.75 Å². The second-order valence-electron chi connectivity index (χ2n) is 7.99. The molecule has 158 valence electrons. The van der Waals surface area contributed by atoms with Crippen molar-refractivity contribution in [2.75, 3.05) is 43.2 Å². The fourth-order valence-electron chi connectivity index (χ4n) is 4.89. The van der Waals surface area contributed by atoms with E-state index >= 15 is 0 Å². The van der Waals surface area contributed by atoms with E-state index in [4.69, 9.17) is 9.47 Å². The van der Waals surface area contributed by atoms with E-state index in [1.165, 1.54) is 11.6 Å². The van der Waals surface area contributed by atoms with Crippen molar-refractivity contribution in [2.24, 2.45) is 5.92 Å². The van der Waals surface area contributed by atoms with E-state index in [-0.39, 0.29) is 17.3 Å². The quantitative estimate of drug-likeness (QED) is 0.791. The number of para-hydroxylation sites is 2. The van der Waals surface area contributed by atoms with E-state index in [0.29, 0.717) is 43.9 Å². The summed E-state index contributed by atoms with van der Waals surface area (Å²) in [6, 6.07) is 7.81. The fraction of sp³-hybridized carbons (Fsp3) is 0.476. The Morgan fingerprint density at radius 1 is 1.17 bits per heavy atom. The van der Waals surface area contributed by atoms with Gasteiger partial charge in [0.05, 0.1) is 49.2 Å². The number of aromatic amines is 1. The van der Waals surface area contributed by atoms with Gasteiger partial charge in [0.25, 0.3) is 5.56 Å². The fourth-order valence-corrected chi connectivity index (χ4v) is 4.89. The first-order chi connectivity index (χ1) is 14.5. The Kier molecular flexibility index (Phi) is 4.43. The highest BCUT2D eigenvalue weighted by atomic mass is 16.5. The van der Waals surface area contributed by atoms with E-state index < -0.39 is 17.9 Å². The first kappa shape index (κ1) is 18.9. The van der Waals surface area contributed by atoms with Gasteiger partial charge in [0, 0.05) is 13.1 Å². The molecule has 2 bridgehead atoms. The Bertz CT molecular complexity index is 1120. The maximum absolute atomic E-state index is 13.2. The first-order valence-electron chi connectivity index (χ1n) is 10.2. The van der Waals surface area contributed by atoms with Crippen LogP contribution in [0.25, 0.3) is 0 Å².